The molecule has 0 radical (unpaired) electrons. The minimum absolute atomic E-state index is 0.110. The summed E-state index contributed by atoms with van der Waals surface area (Å²) in [6, 6.07) is 11.0. The van der Waals surface area contributed by atoms with Gasteiger partial charge in [-0.25, -0.2) is 0 Å². The molecule has 2 aliphatic heterocycles. The van der Waals surface area contributed by atoms with Gasteiger partial charge in [-0.2, -0.15) is 0 Å². The summed E-state index contributed by atoms with van der Waals surface area (Å²) < 4.78 is 20.5. The first-order valence-corrected chi connectivity index (χ1v) is 9.39. The summed E-state index contributed by atoms with van der Waals surface area (Å²) in [4.78, 5) is 0. The zero-order valence-corrected chi connectivity index (χ0v) is 16.3. The van der Waals surface area contributed by atoms with Gasteiger partial charge in [-0.3, -0.25) is 4.57 Å². The maximum atomic E-state index is 5.88. The van der Waals surface area contributed by atoms with Crippen molar-refractivity contribution < 1.29 is 18.7 Å². The van der Waals surface area contributed by atoms with Crippen LogP contribution in [0.15, 0.2) is 36.5 Å². The molecule has 1 unspecified atom stereocenters. The molecule has 5 heteroatoms. The maximum absolute atomic E-state index is 5.88. The molecule has 0 fully saturated rings. The molecule has 0 saturated carbocycles. The third kappa shape index (κ3) is 2.34. The molecule has 0 amide bonds. The molecule has 0 saturated heterocycles. The van der Waals surface area contributed by atoms with Gasteiger partial charge < -0.3 is 18.7 Å². The summed E-state index contributed by atoms with van der Waals surface area (Å²) in [5.41, 5.74) is 5.01. The van der Waals surface area contributed by atoms with E-state index >= 15 is 0 Å². The van der Waals surface area contributed by atoms with E-state index in [1.807, 2.05) is 0 Å². The summed E-state index contributed by atoms with van der Waals surface area (Å²) in [5, 5.41) is 1.27. The van der Waals surface area contributed by atoms with E-state index in [1.165, 1.54) is 27.6 Å². The normalized spacial score (nSPS) is 19.9. The summed E-state index contributed by atoms with van der Waals surface area (Å²) in [6.07, 6.45) is 3.30. The van der Waals surface area contributed by atoms with Crippen LogP contribution in [0.1, 0.15) is 22.9 Å². The Kier molecular flexibility index (Phi) is 3.46. The first-order chi connectivity index (χ1) is 13.0. The van der Waals surface area contributed by atoms with E-state index in [4.69, 9.17) is 14.2 Å². The highest BCUT2D eigenvalue weighted by molar-refractivity contribution is 5.81. The molecule has 0 spiro atoms. The molecule has 3 heterocycles. The second-order valence-electron chi connectivity index (χ2n) is 8.13. The molecule has 1 atom stereocenters. The predicted octanol–water partition coefficient (Wildman–Crippen LogP) is 3.87. The second kappa shape index (κ2) is 5.67. The minimum atomic E-state index is 0.110. The second-order valence-corrected chi connectivity index (χ2v) is 8.13. The van der Waals surface area contributed by atoms with E-state index in [9.17, 15) is 0 Å². The number of aryl methyl sites for hydroxylation is 1. The average molecular weight is 365 g/mol. The molecule has 27 heavy (non-hydrogen) atoms. The van der Waals surface area contributed by atoms with Gasteiger partial charge >= 0.3 is 0 Å². The molecule has 140 valence electrons. The minimum Gasteiger partial charge on any atom is -0.492 e. The summed E-state index contributed by atoms with van der Waals surface area (Å²) in [7, 11) is 6.30. The molecule has 5 rings (SSSR count). The van der Waals surface area contributed by atoms with E-state index in [1.54, 1.807) is 7.11 Å². The number of ether oxygens (including phenoxy) is 3. The number of fused-ring (bicyclic) bond motifs is 3. The van der Waals surface area contributed by atoms with Crippen molar-refractivity contribution in [2.24, 2.45) is 0 Å². The van der Waals surface area contributed by atoms with Gasteiger partial charge in [-0.15, -0.1) is 0 Å². The highest BCUT2D eigenvalue weighted by atomic mass is 16.7. The van der Waals surface area contributed by atoms with Crippen LogP contribution in [0.25, 0.3) is 10.9 Å². The van der Waals surface area contributed by atoms with Crippen LogP contribution in [0.3, 0.4) is 0 Å². The van der Waals surface area contributed by atoms with Crippen molar-refractivity contribution in [3.05, 3.63) is 53.2 Å². The van der Waals surface area contributed by atoms with Crippen molar-refractivity contribution in [1.29, 1.82) is 0 Å². The lowest BCUT2D eigenvalue weighted by Crippen LogP contribution is -2.50. The van der Waals surface area contributed by atoms with Crippen molar-refractivity contribution in [2.75, 3.05) is 34.5 Å². The number of quaternary nitrogens is 1. The monoisotopic (exact) mass is 365 g/mol. The number of hydrogen-bond donors (Lipinski definition) is 0. The van der Waals surface area contributed by atoms with Crippen LogP contribution in [0.5, 0.6) is 17.2 Å². The Morgan fingerprint density at radius 3 is 2.81 bits per heavy atom. The number of likely N-dealkylation sites (N-methyl/N-ethyl adjacent to an activating group) is 1. The SMILES string of the molecule is COc1c2c(cc3c1C(n1ccc4cc(C)ccc41)[N+](C)(C)CC3)OCO2. The maximum Gasteiger partial charge on any atom is 0.231 e. The number of rotatable bonds is 2. The van der Waals surface area contributed by atoms with Crippen molar-refractivity contribution in [3.8, 4) is 17.2 Å². The standard InChI is InChI=1S/C22H25N2O3/c1-14-5-6-17-15(11-14)7-9-23(17)22-19-16(8-10-24(22,2)3)12-18-20(21(19)25-4)27-13-26-18/h5-7,9,11-12,22H,8,10,13H2,1-4H3/q+1. The Hall–Kier alpha value is -2.66. The topological polar surface area (TPSA) is 32.6 Å². The number of methoxy groups -OCH3 is 1. The third-order valence-electron chi connectivity index (χ3n) is 5.96. The van der Waals surface area contributed by atoms with Crippen LogP contribution in [0.4, 0.5) is 0 Å². The Bertz CT molecular complexity index is 1050. The number of aromatic nitrogens is 1. The van der Waals surface area contributed by atoms with Gasteiger partial charge in [0.25, 0.3) is 0 Å². The van der Waals surface area contributed by atoms with Gasteiger partial charge in [-0.1, -0.05) is 11.6 Å². The molecule has 2 aliphatic rings. The van der Waals surface area contributed by atoms with Gasteiger partial charge in [0.2, 0.25) is 12.5 Å². The van der Waals surface area contributed by atoms with E-state index in [-0.39, 0.29) is 13.0 Å². The van der Waals surface area contributed by atoms with Crippen LogP contribution in [0, 0.1) is 6.92 Å². The first-order valence-electron chi connectivity index (χ1n) is 9.39. The van der Waals surface area contributed by atoms with Crippen molar-refractivity contribution in [1.82, 2.24) is 4.57 Å². The molecule has 0 aliphatic carbocycles. The molecule has 5 nitrogen and oxygen atoms in total. The van der Waals surface area contributed by atoms with E-state index in [2.05, 4.69) is 62.1 Å². The highest BCUT2D eigenvalue weighted by Gasteiger charge is 2.42. The van der Waals surface area contributed by atoms with Gasteiger partial charge in [0.05, 0.1) is 38.8 Å². The van der Waals surface area contributed by atoms with Crippen molar-refractivity contribution in [2.45, 2.75) is 19.5 Å². The van der Waals surface area contributed by atoms with Crippen LogP contribution < -0.4 is 14.2 Å². The molecule has 0 bridgehead atoms. The van der Waals surface area contributed by atoms with Crippen LogP contribution in [0.2, 0.25) is 0 Å². The van der Waals surface area contributed by atoms with Crippen LogP contribution in [-0.2, 0) is 6.42 Å². The lowest BCUT2D eigenvalue weighted by Gasteiger charge is -2.43. The third-order valence-corrected chi connectivity index (χ3v) is 5.96. The Labute approximate surface area is 159 Å². The zero-order chi connectivity index (χ0) is 18.8. The Balaban J connectivity index is 1.79. The van der Waals surface area contributed by atoms with E-state index < -0.39 is 0 Å². The van der Waals surface area contributed by atoms with E-state index in [0.29, 0.717) is 0 Å². The Morgan fingerprint density at radius 1 is 1.15 bits per heavy atom. The molecule has 1 aromatic heterocycles. The Morgan fingerprint density at radius 2 is 2.00 bits per heavy atom. The zero-order valence-electron chi connectivity index (χ0n) is 16.3. The van der Waals surface area contributed by atoms with Gasteiger partial charge in [0, 0.05) is 18.0 Å². The predicted molar refractivity (Wildman–Crippen MR) is 105 cm³/mol. The molecule has 2 aromatic carbocycles. The van der Waals surface area contributed by atoms with Crippen LogP contribution in [-0.4, -0.2) is 43.6 Å². The summed E-state index contributed by atoms with van der Waals surface area (Å²) >= 11 is 0. The van der Waals surface area contributed by atoms with Gasteiger partial charge in [0.1, 0.15) is 0 Å². The number of hydrogen-bond acceptors (Lipinski definition) is 3. The fourth-order valence-electron chi connectivity index (χ4n) is 4.62. The average Bonchev–Trinajstić information content (AvgIpc) is 3.26. The molecular weight excluding hydrogens is 340 g/mol. The number of benzene rings is 2. The summed E-state index contributed by atoms with van der Waals surface area (Å²) in [6.45, 7) is 3.44. The quantitative estimate of drug-likeness (QED) is 0.647. The fraction of sp³-hybridized carbons (Fsp3) is 0.364. The van der Waals surface area contributed by atoms with Crippen molar-refractivity contribution in [3.63, 3.8) is 0 Å². The van der Waals surface area contributed by atoms with Crippen molar-refractivity contribution >= 4 is 10.9 Å². The molecule has 0 N–H and O–H groups in total. The number of nitrogens with zero attached hydrogens (tertiary/aromatic N) is 2. The van der Waals surface area contributed by atoms with Gasteiger partial charge in [0.15, 0.2) is 17.7 Å². The summed E-state index contributed by atoms with van der Waals surface area (Å²) in [5.74, 6) is 2.34. The lowest BCUT2D eigenvalue weighted by atomic mass is 9.93. The van der Waals surface area contributed by atoms with Crippen LogP contribution >= 0.6 is 0 Å². The van der Waals surface area contributed by atoms with E-state index in [0.717, 1.165) is 34.7 Å². The molecule has 3 aromatic rings. The first kappa shape index (κ1) is 16.5. The van der Waals surface area contributed by atoms with Gasteiger partial charge in [-0.05, 0) is 36.8 Å². The highest BCUT2D eigenvalue weighted by Crippen LogP contribution is 2.51. The largest absolute Gasteiger partial charge is 0.492 e. The fourth-order valence-corrected chi connectivity index (χ4v) is 4.62. The molecular formula is C22H25N2O3+. The lowest BCUT2D eigenvalue weighted by molar-refractivity contribution is -0.926. The smallest absolute Gasteiger partial charge is 0.231 e.